The predicted molar refractivity (Wildman–Crippen MR) is 78.4 cm³/mol. The molecule has 0 fully saturated rings. The van der Waals surface area contributed by atoms with E-state index < -0.39 is 10.0 Å². The predicted octanol–water partition coefficient (Wildman–Crippen LogP) is 4.10. The summed E-state index contributed by atoms with van der Waals surface area (Å²) in [5, 5.41) is 0.507. The third kappa shape index (κ3) is 3.21. The molecule has 0 spiro atoms. The Bertz CT molecular complexity index is 694. The van der Waals surface area contributed by atoms with Crippen LogP contribution in [-0.4, -0.2) is 8.42 Å². The number of para-hydroxylation sites is 1. The zero-order valence-corrected chi connectivity index (χ0v) is 12.4. The number of rotatable bonds is 3. The van der Waals surface area contributed by atoms with Gasteiger partial charge < -0.3 is 0 Å². The van der Waals surface area contributed by atoms with E-state index in [1.54, 1.807) is 30.3 Å². The summed E-state index contributed by atoms with van der Waals surface area (Å²) in [7, 11) is -3.70. The molecule has 0 heterocycles. The number of benzene rings is 2. The van der Waals surface area contributed by atoms with Crippen molar-refractivity contribution < 1.29 is 8.42 Å². The third-order valence-electron chi connectivity index (χ3n) is 2.50. The maximum atomic E-state index is 12.2. The maximum absolute atomic E-state index is 12.2. The lowest BCUT2D eigenvalue weighted by atomic mass is 10.2. The first kappa shape index (κ1) is 14.2. The molecule has 100 valence electrons. The maximum Gasteiger partial charge on any atom is 0.261 e. The molecule has 3 nitrogen and oxygen atoms in total. The van der Waals surface area contributed by atoms with Gasteiger partial charge in [0, 0.05) is 0 Å². The van der Waals surface area contributed by atoms with Gasteiger partial charge in [-0.15, -0.1) is 0 Å². The van der Waals surface area contributed by atoms with Crippen LogP contribution in [0.15, 0.2) is 47.4 Å². The molecule has 2 rings (SSSR count). The van der Waals surface area contributed by atoms with Gasteiger partial charge >= 0.3 is 0 Å². The van der Waals surface area contributed by atoms with Crippen molar-refractivity contribution >= 4 is 38.9 Å². The standard InChI is InChI=1S/C13H11Cl2NO2S/c1-9-4-2-5-10(8-9)19(17,18)16-13-11(14)6-3-7-12(13)15/h2-8,16H,1H3. The number of aryl methyl sites for hydroxylation is 1. The van der Waals surface area contributed by atoms with E-state index in [9.17, 15) is 8.42 Å². The van der Waals surface area contributed by atoms with E-state index >= 15 is 0 Å². The summed E-state index contributed by atoms with van der Waals surface area (Å²) in [6.45, 7) is 1.82. The Balaban J connectivity index is 2.42. The number of nitrogens with one attached hydrogen (secondary N) is 1. The molecule has 0 amide bonds. The average molecular weight is 316 g/mol. The fraction of sp³-hybridized carbons (Fsp3) is 0.0769. The average Bonchev–Trinajstić information content (AvgIpc) is 2.34. The van der Waals surface area contributed by atoms with Crippen LogP contribution < -0.4 is 4.72 Å². The van der Waals surface area contributed by atoms with Crippen LogP contribution in [0.5, 0.6) is 0 Å². The summed E-state index contributed by atoms with van der Waals surface area (Å²) in [5.74, 6) is 0. The second-order valence-corrected chi connectivity index (χ2v) is 6.52. The lowest BCUT2D eigenvalue weighted by molar-refractivity contribution is 0.601. The molecule has 0 atom stereocenters. The van der Waals surface area contributed by atoms with Gasteiger partial charge in [-0.05, 0) is 36.8 Å². The van der Waals surface area contributed by atoms with E-state index in [-0.39, 0.29) is 20.6 Å². The van der Waals surface area contributed by atoms with Crippen LogP contribution in [0.3, 0.4) is 0 Å². The summed E-state index contributed by atoms with van der Waals surface area (Å²) >= 11 is 11.9. The van der Waals surface area contributed by atoms with Crippen LogP contribution in [0, 0.1) is 6.92 Å². The van der Waals surface area contributed by atoms with Crippen LogP contribution in [0.1, 0.15) is 5.56 Å². The third-order valence-corrected chi connectivity index (χ3v) is 4.48. The van der Waals surface area contributed by atoms with Gasteiger partial charge in [0.15, 0.2) is 0 Å². The Hall–Kier alpha value is -1.23. The highest BCUT2D eigenvalue weighted by Gasteiger charge is 2.17. The molecule has 0 aliphatic carbocycles. The highest BCUT2D eigenvalue weighted by Crippen LogP contribution is 2.31. The molecule has 2 aromatic rings. The van der Waals surface area contributed by atoms with Gasteiger partial charge in [-0.25, -0.2) is 8.42 Å². The molecule has 0 radical (unpaired) electrons. The first-order valence-corrected chi connectivity index (χ1v) is 7.67. The van der Waals surface area contributed by atoms with Crippen LogP contribution in [0.2, 0.25) is 10.0 Å². The Kier molecular flexibility index (Phi) is 4.04. The molecule has 0 bridgehead atoms. The summed E-state index contributed by atoms with van der Waals surface area (Å²) in [6, 6.07) is 11.4. The van der Waals surface area contributed by atoms with E-state index in [0.29, 0.717) is 0 Å². The first-order valence-electron chi connectivity index (χ1n) is 5.43. The van der Waals surface area contributed by atoms with Crippen LogP contribution in [0.25, 0.3) is 0 Å². The smallest absolute Gasteiger partial charge is 0.261 e. The molecule has 0 saturated carbocycles. The van der Waals surface area contributed by atoms with E-state index in [4.69, 9.17) is 23.2 Å². The Morgan fingerprint density at radius 3 is 2.16 bits per heavy atom. The second-order valence-electron chi connectivity index (χ2n) is 4.02. The molecule has 0 aliphatic heterocycles. The van der Waals surface area contributed by atoms with Gasteiger partial charge in [-0.2, -0.15) is 0 Å². The molecular formula is C13H11Cl2NO2S. The summed E-state index contributed by atoms with van der Waals surface area (Å²) in [6.07, 6.45) is 0. The minimum atomic E-state index is -3.70. The Morgan fingerprint density at radius 1 is 1.00 bits per heavy atom. The van der Waals surface area contributed by atoms with Gasteiger partial charge in [0.1, 0.15) is 0 Å². The van der Waals surface area contributed by atoms with Gasteiger partial charge in [0.05, 0.1) is 20.6 Å². The Morgan fingerprint density at radius 2 is 1.58 bits per heavy atom. The van der Waals surface area contributed by atoms with Crippen molar-refractivity contribution in [3.05, 3.63) is 58.1 Å². The SMILES string of the molecule is Cc1cccc(S(=O)(=O)Nc2c(Cl)cccc2Cl)c1. The molecule has 0 aromatic heterocycles. The fourth-order valence-corrected chi connectivity index (χ4v) is 3.38. The molecule has 1 N–H and O–H groups in total. The lowest BCUT2D eigenvalue weighted by Crippen LogP contribution is -2.13. The summed E-state index contributed by atoms with van der Waals surface area (Å²) in [5.41, 5.74) is 1.04. The van der Waals surface area contributed by atoms with Crippen molar-refractivity contribution in [2.45, 2.75) is 11.8 Å². The van der Waals surface area contributed by atoms with Crippen molar-refractivity contribution in [1.82, 2.24) is 0 Å². The Labute approximate surface area is 122 Å². The molecule has 6 heteroatoms. The van der Waals surface area contributed by atoms with Crippen molar-refractivity contribution in [3.63, 3.8) is 0 Å². The van der Waals surface area contributed by atoms with Crippen molar-refractivity contribution in [2.75, 3.05) is 4.72 Å². The zero-order chi connectivity index (χ0) is 14.0. The number of halogens is 2. The monoisotopic (exact) mass is 315 g/mol. The molecule has 0 unspecified atom stereocenters. The minimum absolute atomic E-state index is 0.170. The molecule has 0 saturated heterocycles. The van der Waals surface area contributed by atoms with Gasteiger partial charge in [0.2, 0.25) is 0 Å². The number of hydrogen-bond donors (Lipinski definition) is 1. The van der Waals surface area contributed by atoms with E-state index in [0.717, 1.165) is 5.56 Å². The van der Waals surface area contributed by atoms with E-state index in [2.05, 4.69) is 4.72 Å². The quantitative estimate of drug-likeness (QED) is 0.926. The minimum Gasteiger partial charge on any atom is -0.277 e. The lowest BCUT2D eigenvalue weighted by Gasteiger charge is -2.11. The van der Waals surface area contributed by atoms with E-state index in [1.807, 2.05) is 13.0 Å². The highest BCUT2D eigenvalue weighted by atomic mass is 35.5. The van der Waals surface area contributed by atoms with Gasteiger partial charge in [-0.1, -0.05) is 41.4 Å². The normalized spacial score (nSPS) is 11.3. The molecule has 0 aliphatic rings. The van der Waals surface area contributed by atoms with E-state index in [1.165, 1.54) is 6.07 Å². The zero-order valence-electron chi connectivity index (χ0n) is 10.0. The number of anilines is 1. The number of hydrogen-bond acceptors (Lipinski definition) is 2. The molecule has 19 heavy (non-hydrogen) atoms. The number of sulfonamides is 1. The largest absolute Gasteiger partial charge is 0.277 e. The fourth-order valence-electron chi connectivity index (χ4n) is 1.57. The molecule has 2 aromatic carbocycles. The first-order chi connectivity index (χ1) is 8.90. The topological polar surface area (TPSA) is 46.2 Å². The van der Waals surface area contributed by atoms with Crippen LogP contribution >= 0.6 is 23.2 Å². The van der Waals surface area contributed by atoms with Gasteiger partial charge in [0.25, 0.3) is 10.0 Å². The summed E-state index contributed by atoms with van der Waals surface area (Å²) < 4.78 is 26.9. The van der Waals surface area contributed by atoms with Crippen LogP contribution in [0.4, 0.5) is 5.69 Å². The highest BCUT2D eigenvalue weighted by molar-refractivity contribution is 7.92. The molecular weight excluding hydrogens is 305 g/mol. The van der Waals surface area contributed by atoms with Crippen molar-refractivity contribution in [1.29, 1.82) is 0 Å². The summed E-state index contributed by atoms with van der Waals surface area (Å²) in [4.78, 5) is 0.170. The van der Waals surface area contributed by atoms with Crippen molar-refractivity contribution in [3.8, 4) is 0 Å². The second kappa shape index (κ2) is 5.41. The van der Waals surface area contributed by atoms with Crippen LogP contribution in [-0.2, 0) is 10.0 Å². The van der Waals surface area contributed by atoms with Gasteiger partial charge in [-0.3, -0.25) is 4.72 Å². The van der Waals surface area contributed by atoms with Crippen molar-refractivity contribution in [2.24, 2.45) is 0 Å².